The number of aromatic nitrogens is 1. The number of aryl methyl sites for hydroxylation is 1. The number of hydrogen-bond donors (Lipinski definition) is 2. The maximum absolute atomic E-state index is 13.9. The molecule has 0 spiro atoms. The maximum atomic E-state index is 13.9. The van der Waals surface area contributed by atoms with Crippen molar-refractivity contribution < 1.29 is 34.1 Å². The summed E-state index contributed by atoms with van der Waals surface area (Å²) in [6.07, 6.45) is 11.2. The Hall–Kier alpha value is -3.73. The van der Waals surface area contributed by atoms with E-state index in [0.29, 0.717) is 25.2 Å². The quantitative estimate of drug-likeness (QED) is 0.0991. The Morgan fingerprint density at radius 3 is 2.55 bits per heavy atom. The van der Waals surface area contributed by atoms with Crippen molar-refractivity contribution in [1.29, 1.82) is 0 Å². The lowest BCUT2D eigenvalue weighted by Crippen LogP contribution is -2.69. The molecule has 3 aliphatic carbocycles. The lowest BCUT2D eigenvalue weighted by molar-refractivity contribution is -0.256. The normalized spacial score (nSPS) is 26.9. The van der Waals surface area contributed by atoms with E-state index >= 15 is 0 Å². The van der Waals surface area contributed by atoms with E-state index in [1.807, 2.05) is 70.0 Å². The standard InChI is InChI=1S/C43H59N3O7/c1-7-23-51-43-38(46(6)41(49)29-17-18-29)26-36(45-53-42(3,4)5)34-24-30(14-8-10-21-47)33(16-9-11-22-48)39(40(34)43)35-25-32(19-20-37(35)52-43)50-27-31-15-12-13-28(2)44-31/h7,12-13,15,19-20,24-25,29-30,33,38-40,47-48H,1,8-11,14,16-18,21-23,26-27H2,2-6H3. The van der Waals surface area contributed by atoms with Gasteiger partial charge >= 0.3 is 0 Å². The Bertz CT molecular complexity index is 1660. The third kappa shape index (κ3) is 8.66. The molecule has 2 aromatic rings. The molecule has 10 heteroatoms. The minimum atomic E-state index is -1.24. The first kappa shape index (κ1) is 39.0. The molecule has 1 aliphatic heterocycles. The Labute approximate surface area is 315 Å². The van der Waals surface area contributed by atoms with Crippen LogP contribution >= 0.6 is 0 Å². The van der Waals surface area contributed by atoms with Crippen molar-refractivity contribution in [3.8, 4) is 11.5 Å². The van der Waals surface area contributed by atoms with Crippen molar-refractivity contribution in [2.45, 2.75) is 115 Å². The predicted octanol–water partition coefficient (Wildman–Crippen LogP) is 7.27. The number of aliphatic hydroxyl groups excluding tert-OH is 2. The van der Waals surface area contributed by atoms with Crippen LogP contribution in [0, 0.1) is 30.6 Å². The monoisotopic (exact) mass is 729 g/mol. The van der Waals surface area contributed by atoms with E-state index in [9.17, 15) is 15.0 Å². The number of fused-ring (bicyclic) bond motifs is 2. The second-order valence-electron chi connectivity index (χ2n) is 16.3. The summed E-state index contributed by atoms with van der Waals surface area (Å²) in [5, 5.41) is 24.5. The second-order valence-corrected chi connectivity index (χ2v) is 16.3. The van der Waals surface area contributed by atoms with E-state index in [0.717, 1.165) is 78.9 Å². The highest BCUT2D eigenvalue weighted by molar-refractivity contribution is 6.03. The molecule has 4 aliphatic rings. The molecule has 6 rings (SSSR count). The minimum Gasteiger partial charge on any atom is -0.487 e. The van der Waals surface area contributed by atoms with Gasteiger partial charge in [0.1, 0.15) is 29.7 Å². The smallest absolute Gasteiger partial charge is 0.239 e. The van der Waals surface area contributed by atoms with Gasteiger partial charge in [-0.2, -0.15) is 0 Å². The fourth-order valence-corrected chi connectivity index (χ4v) is 8.62. The van der Waals surface area contributed by atoms with Crippen molar-refractivity contribution in [3.05, 3.63) is 77.7 Å². The molecule has 1 aromatic carbocycles. The third-order valence-corrected chi connectivity index (χ3v) is 11.1. The third-order valence-electron chi connectivity index (χ3n) is 11.1. The predicted molar refractivity (Wildman–Crippen MR) is 205 cm³/mol. The van der Waals surface area contributed by atoms with E-state index in [4.69, 9.17) is 24.2 Å². The van der Waals surface area contributed by atoms with Crippen LogP contribution in [0.1, 0.15) is 101 Å². The molecule has 53 heavy (non-hydrogen) atoms. The van der Waals surface area contributed by atoms with Gasteiger partial charge in [0.15, 0.2) is 0 Å². The van der Waals surface area contributed by atoms with Crippen molar-refractivity contribution in [2.24, 2.45) is 28.8 Å². The van der Waals surface area contributed by atoms with Crippen LogP contribution in [-0.4, -0.2) is 76.0 Å². The lowest BCUT2D eigenvalue weighted by atomic mass is 9.55. The fraction of sp³-hybridized carbons (Fsp3) is 0.605. The highest BCUT2D eigenvalue weighted by atomic mass is 16.7. The van der Waals surface area contributed by atoms with E-state index < -0.39 is 17.4 Å². The van der Waals surface area contributed by atoms with Crippen LogP contribution in [-0.2, 0) is 21.0 Å². The van der Waals surface area contributed by atoms with Crippen LogP contribution in [0.2, 0.25) is 0 Å². The first-order valence-electron chi connectivity index (χ1n) is 19.6. The lowest BCUT2D eigenvalue weighted by Gasteiger charge is -2.59. The number of amides is 1. The molecule has 6 unspecified atom stereocenters. The zero-order chi connectivity index (χ0) is 37.8. The Kier molecular flexibility index (Phi) is 12.3. The molecule has 2 fully saturated rings. The zero-order valence-corrected chi connectivity index (χ0v) is 32.3. The highest BCUT2D eigenvalue weighted by Gasteiger charge is 2.65. The number of aliphatic hydroxyl groups is 2. The number of carbonyl (C=O) groups excluding carboxylic acids is 1. The Morgan fingerprint density at radius 2 is 1.87 bits per heavy atom. The molecule has 0 saturated heterocycles. The number of oxime groups is 1. The topological polar surface area (TPSA) is 123 Å². The van der Waals surface area contributed by atoms with E-state index in [2.05, 4.69) is 23.7 Å². The molecular formula is C43H59N3O7. The van der Waals surface area contributed by atoms with Crippen LogP contribution in [0.3, 0.4) is 0 Å². The number of carbonyl (C=O) groups is 1. The molecule has 10 nitrogen and oxygen atoms in total. The Balaban J connectivity index is 1.54. The number of unbranched alkanes of at least 4 members (excludes halogenated alkanes) is 2. The van der Waals surface area contributed by atoms with E-state index in [1.165, 1.54) is 0 Å². The van der Waals surface area contributed by atoms with Crippen LogP contribution in [0.15, 0.2) is 65.9 Å². The van der Waals surface area contributed by atoms with Crippen molar-refractivity contribution in [2.75, 3.05) is 26.9 Å². The molecule has 0 radical (unpaired) electrons. The summed E-state index contributed by atoms with van der Waals surface area (Å²) >= 11 is 0. The minimum absolute atomic E-state index is 0.00220. The summed E-state index contributed by atoms with van der Waals surface area (Å²) in [5.41, 5.74) is 4.12. The number of benzene rings is 1. The molecular weight excluding hydrogens is 670 g/mol. The van der Waals surface area contributed by atoms with Crippen molar-refractivity contribution in [3.63, 3.8) is 0 Å². The van der Waals surface area contributed by atoms with Crippen LogP contribution < -0.4 is 9.47 Å². The number of pyridine rings is 1. The van der Waals surface area contributed by atoms with E-state index in [-0.39, 0.29) is 55.3 Å². The van der Waals surface area contributed by atoms with Crippen LogP contribution in [0.5, 0.6) is 11.5 Å². The number of likely N-dealkylation sites (N-methyl/N-ethyl adjacent to an activating group) is 1. The van der Waals surface area contributed by atoms with Crippen molar-refractivity contribution in [1.82, 2.24) is 9.88 Å². The molecule has 2 heterocycles. The van der Waals surface area contributed by atoms with E-state index in [1.54, 1.807) is 6.08 Å². The molecule has 6 atom stereocenters. The first-order chi connectivity index (χ1) is 25.5. The second kappa shape index (κ2) is 16.7. The van der Waals surface area contributed by atoms with Gasteiger partial charge in [-0.25, -0.2) is 0 Å². The highest BCUT2D eigenvalue weighted by Crippen LogP contribution is 2.62. The number of allylic oxidation sites excluding steroid dienone is 1. The zero-order valence-electron chi connectivity index (χ0n) is 32.3. The number of nitrogens with zero attached hydrogens (tertiary/aromatic N) is 3. The molecule has 1 amide bonds. The fourth-order valence-electron chi connectivity index (χ4n) is 8.62. The van der Waals surface area contributed by atoms with Crippen LogP contribution in [0.4, 0.5) is 0 Å². The van der Waals surface area contributed by atoms with Gasteiger partial charge in [-0.3, -0.25) is 9.78 Å². The summed E-state index contributed by atoms with van der Waals surface area (Å²) in [6, 6.07) is 11.5. The van der Waals surface area contributed by atoms with Gasteiger partial charge < -0.3 is 34.2 Å². The maximum Gasteiger partial charge on any atom is 0.239 e. The summed E-state index contributed by atoms with van der Waals surface area (Å²) < 4.78 is 20.6. The van der Waals surface area contributed by atoms with Gasteiger partial charge in [0, 0.05) is 49.8 Å². The van der Waals surface area contributed by atoms with Gasteiger partial charge in [0.2, 0.25) is 11.7 Å². The largest absolute Gasteiger partial charge is 0.487 e. The van der Waals surface area contributed by atoms with Gasteiger partial charge in [-0.05, 0) is 114 Å². The van der Waals surface area contributed by atoms with Crippen molar-refractivity contribution >= 4 is 11.6 Å². The molecule has 288 valence electrons. The Morgan fingerprint density at radius 1 is 1.11 bits per heavy atom. The van der Waals surface area contributed by atoms with Gasteiger partial charge in [0.05, 0.1) is 23.9 Å². The number of ether oxygens (including phenoxy) is 3. The summed E-state index contributed by atoms with van der Waals surface area (Å²) in [7, 11) is 1.88. The average Bonchev–Trinajstić information content (AvgIpc) is 3.99. The van der Waals surface area contributed by atoms with Gasteiger partial charge in [-0.1, -0.05) is 36.2 Å². The summed E-state index contributed by atoms with van der Waals surface area (Å²) in [5.74, 6) is 0.142. The average molecular weight is 730 g/mol. The molecule has 2 N–H and O–H groups in total. The summed E-state index contributed by atoms with van der Waals surface area (Å²) in [4.78, 5) is 26.6. The SMILES string of the molecule is C=CCOC12Oc3ccc(OCc4cccc(C)n4)cc3C3C(CCCCO)C(CCCCO)C=C(C(=NOC(C)(C)C)CC1N(C)C(=O)C1CC1)C32. The van der Waals surface area contributed by atoms with Gasteiger partial charge in [-0.15, -0.1) is 6.58 Å². The molecule has 0 bridgehead atoms. The van der Waals surface area contributed by atoms with Gasteiger partial charge in [0.25, 0.3) is 0 Å². The molecule has 2 saturated carbocycles. The molecule has 1 aromatic heterocycles. The first-order valence-corrected chi connectivity index (χ1v) is 19.6. The van der Waals surface area contributed by atoms with Crippen LogP contribution in [0.25, 0.3) is 0 Å². The summed E-state index contributed by atoms with van der Waals surface area (Å²) in [6.45, 7) is 12.8. The number of hydrogen-bond acceptors (Lipinski definition) is 9. The number of rotatable bonds is 17.